The van der Waals surface area contributed by atoms with Crippen molar-refractivity contribution in [2.75, 3.05) is 10.6 Å². The van der Waals surface area contributed by atoms with E-state index in [9.17, 15) is 18.0 Å². The lowest BCUT2D eigenvalue weighted by molar-refractivity contribution is -0.132. The lowest BCUT2D eigenvalue weighted by Crippen LogP contribution is -2.39. The molecule has 0 unspecified atom stereocenters. The van der Waals surface area contributed by atoms with Crippen LogP contribution in [-0.4, -0.2) is 18.6 Å². The van der Waals surface area contributed by atoms with Gasteiger partial charge in [-0.1, -0.05) is 42.3 Å². The minimum atomic E-state index is -3.16. The van der Waals surface area contributed by atoms with Gasteiger partial charge >= 0.3 is 12.3 Å². The van der Waals surface area contributed by atoms with Gasteiger partial charge in [0.2, 0.25) is 0 Å². The van der Waals surface area contributed by atoms with Crippen LogP contribution in [-0.2, 0) is 11.3 Å². The van der Waals surface area contributed by atoms with Gasteiger partial charge in [-0.05, 0) is 30.3 Å². The number of nitrogens with one attached hydrogen (secondary N) is 2. The third-order valence-corrected chi connectivity index (χ3v) is 4.62. The number of rotatable bonds is 8. The topological polar surface area (TPSA) is 44.4 Å². The van der Waals surface area contributed by atoms with Crippen molar-refractivity contribution in [1.82, 2.24) is 10.9 Å². The van der Waals surface area contributed by atoms with E-state index < -0.39 is 18.1 Å². The fraction of sp³-hybridized carbons (Fsp3) is 0.167. The number of carbonyl (C=O) groups excluding carboxylic acids is 1. The predicted octanol–water partition coefficient (Wildman–Crippen LogP) is 4.62. The minimum absolute atomic E-state index is 0.0915. The quantitative estimate of drug-likeness (QED) is 0.487. The number of carbonyl (C=O) groups is 1. The molecular weight excluding hydrogens is 399 g/mol. The van der Waals surface area contributed by atoms with Gasteiger partial charge in [0.25, 0.3) is 0 Å². The van der Waals surface area contributed by atoms with Crippen LogP contribution in [0, 0.1) is 5.82 Å². The number of anilines is 1. The van der Waals surface area contributed by atoms with Crippen LogP contribution < -0.4 is 15.2 Å². The van der Waals surface area contributed by atoms with Crippen molar-refractivity contribution in [2.24, 2.45) is 0 Å². The lowest BCUT2D eigenvalue weighted by Gasteiger charge is -2.22. The summed E-state index contributed by atoms with van der Waals surface area (Å²) in [4.78, 5) is 10.9. The molecule has 2 aromatic rings. The molecule has 0 saturated carbocycles. The first-order chi connectivity index (χ1) is 12.8. The number of nitrogens with zero attached hydrogens (tertiary/aromatic N) is 1. The fourth-order valence-corrected chi connectivity index (χ4v) is 2.88. The third-order valence-electron chi connectivity index (χ3n) is 3.59. The van der Waals surface area contributed by atoms with Gasteiger partial charge in [0.15, 0.2) is 0 Å². The van der Waals surface area contributed by atoms with Crippen molar-refractivity contribution in [3.8, 4) is 0 Å². The molecule has 0 saturated heterocycles. The van der Waals surface area contributed by atoms with Crippen molar-refractivity contribution in [3.05, 3.63) is 71.0 Å². The molecule has 2 rings (SSSR count). The number of amides is 1. The van der Waals surface area contributed by atoms with Gasteiger partial charge in [0, 0.05) is 28.1 Å². The molecular formula is C18H17ClF3N3OS. The zero-order valence-electron chi connectivity index (χ0n) is 14.3. The van der Waals surface area contributed by atoms with E-state index >= 15 is 0 Å². The van der Waals surface area contributed by atoms with E-state index in [2.05, 4.69) is 12.0 Å². The zero-order valence-corrected chi connectivity index (χ0v) is 15.9. The second kappa shape index (κ2) is 9.57. The standard InChI is InChI=1S/C18H17ClF3N3OS/c1-11(23-24-18(26)17(21)22)12-3-4-13(16(20)9-12)10-25(27-2)15-7-5-14(19)6-8-15/h3-9,17,23H,1,10H2,2H3,(H,24,26). The Labute approximate surface area is 164 Å². The van der Waals surface area contributed by atoms with Crippen LogP contribution in [0.15, 0.2) is 49.0 Å². The van der Waals surface area contributed by atoms with E-state index in [1.807, 2.05) is 22.7 Å². The van der Waals surface area contributed by atoms with Gasteiger partial charge in [-0.2, -0.15) is 8.78 Å². The van der Waals surface area contributed by atoms with Crippen LogP contribution in [0.25, 0.3) is 5.70 Å². The molecule has 0 fully saturated rings. The highest BCUT2D eigenvalue weighted by Gasteiger charge is 2.15. The Morgan fingerprint density at radius 2 is 1.89 bits per heavy atom. The van der Waals surface area contributed by atoms with Crippen molar-refractivity contribution >= 4 is 40.8 Å². The number of benzene rings is 2. The van der Waals surface area contributed by atoms with E-state index in [1.54, 1.807) is 29.7 Å². The summed E-state index contributed by atoms with van der Waals surface area (Å²) in [5.74, 6) is -1.98. The molecule has 0 radical (unpaired) electrons. The summed E-state index contributed by atoms with van der Waals surface area (Å²) in [5, 5.41) is 0.611. The van der Waals surface area contributed by atoms with Crippen molar-refractivity contribution in [3.63, 3.8) is 0 Å². The Morgan fingerprint density at radius 3 is 2.44 bits per heavy atom. The van der Waals surface area contributed by atoms with Crippen LogP contribution in [0.5, 0.6) is 0 Å². The maximum atomic E-state index is 14.5. The Balaban J connectivity index is 2.08. The summed E-state index contributed by atoms with van der Waals surface area (Å²) in [6, 6.07) is 11.6. The first-order valence-electron chi connectivity index (χ1n) is 7.70. The summed E-state index contributed by atoms with van der Waals surface area (Å²) >= 11 is 7.32. The fourth-order valence-electron chi connectivity index (χ4n) is 2.15. The Morgan fingerprint density at radius 1 is 1.22 bits per heavy atom. The molecule has 27 heavy (non-hydrogen) atoms. The summed E-state index contributed by atoms with van der Waals surface area (Å²) in [5.41, 5.74) is 5.77. The summed E-state index contributed by atoms with van der Waals surface area (Å²) in [7, 11) is 0. The number of alkyl halides is 2. The van der Waals surface area contributed by atoms with Gasteiger partial charge < -0.3 is 4.31 Å². The van der Waals surface area contributed by atoms with E-state index in [0.29, 0.717) is 22.7 Å². The smallest absolute Gasteiger partial charge is 0.312 e. The van der Waals surface area contributed by atoms with E-state index in [1.165, 1.54) is 18.0 Å². The maximum absolute atomic E-state index is 14.5. The highest BCUT2D eigenvalue weighted by molar-refractivity contribution is 7.99. The average molecular weight is 416 g/mol. The van der Waals surface area contributed by atoms with Gasteiger partial charge in [-0.15, -0.1) is 0 Å². The van der Waals surface area contributed by atoms with Crippen molar-refractivity contribution in [2.45, 2.75) is 13.0 Å². The van der Waals surface area contributed by atoms with Crippen LogP contribution in [0.4, 0.5) is 18.9 Å². The first-order valence-corrected chi connectivity index (χ1v) is 9.26. The summed E-state index contributed by atoms with van der Waals surface area (Å²) in [6.07, 6.45) is -1.28. The Bertz CT molecular complexity index is 818. The summed E-state index contributed by atoms with van der Waals surface area (Å²) in [6.45, 7) is 3.90. The number of hydrogen-bond acceptors (Lipinski definition) is 4. The SMILES string of the molecule is C=C(NNC(=O)C(F)F)c1ccc(CN(SC)c2ccc(Cl)cc2)c(F)c1. The van der Waals surface area contributed by atoms with Crippen LogP contribution >= 0.6 is 23.5 Å². The summed E-state index contributed by atoms with van der Waals surface area (Å²) < 4.78 is 40.7. The molecule has 0 atom stereocenters. The first kappa shape index (κ1) is 21.0. The van der Waals surface area contributed by atoms with E-state index in [4.69, 9.17) is 11.6 Å². The number of hydrazine groups is 1. The number of hydrogen-bond donors (Lipinski definition) is 2. The molecule has 0 aliphatic heterocycles. The second-order valence-corrected chi connectivity index (χ2v) is 6.64. The Kier molecular flexibility index (Phi) is 7.44. The molecule has 1 amide bonds. The molecule has 0 aliphatic carbocycles. The molecule has 0 heterocycles. The highest BCUT2D eigenvalue weighted by Crippen LogP contribution is 2.26. The van der Waals surface area contributed by atoms with Crippen LogP contribution in [0.3, 0.4) is 0 Å². The van der Waals surface area contributed by atoms with Gasteiger partial charge in [-0.3, -0.25) is 15.6 Å². The monoisotopic (exact) mass is 415 g/mol. The van der Waals surface area contributed by atoms with Crippen molar-refractivity contribution < 1.29 is 18.0 Å². The van der Waals surface area contributed by atoms with E-state index in [0.717, 1.165) is 5.69 Å². The van der Waals surface area contributed by atoms with Crippen LogP contribution in [0.2, 0.25) is 5.02 Å². The van der Waals surface area contributed by atoms with Gasteiger partial charge in [0.1, 0.15) is 5.82 Å². The highest BCUT2D eigenvalue weighted by atomic mass is 35.5. The van der Waals surface area contributed by atoms with Crippen molar-refractivity contribution in [1.29, 1.82) is 0 Å². The zero-order chi connectivity index (χ0) is 20.0. The molecule has 0 bridgehead atoms. The lowest BCUT2D eigenvalue weighted by atomic mass is 10.1. The molecule has 4 nitrogen and oxygen atoms in total. The van der Waals surface area contributed by atoms with Crippen LogP contribution in [0.1, 0.15) is 11.1 Å². The molecule has 0 aliphatic rings. The van der Waals surface area contributed by atoms with Gasteiger partial charge in [0.05, 0.1) is 12.2 Å². The molecule has 2 aromatic carbocycles. The maximum Gasteiger partial charge on any atom is 0.317 e. The normalized spacial score (nSPS) is 10.6. The molecule has 0 aromatic heterocycles. The Hall–Kier alpha value is -2.32. The third kappa shape index (κ3) is 5.83. The molecule has 9 heteroatoms. The van der Waals surface area contributed by atoms with Gasteiger partial charge in [-0.25, -0.2) is 4.39 Å². The van der Waals surface area contributed by atoms with E-state index in [-0.39, 0.29) is 5.70 Å². The largest absolute Gasteiger partial charge is 0.317 e. The molecule has 144 valence electrons. The minimum Gasteiger partial charge on any atom is -0.312 e. The number of halogens is 4. The average Bonchev–Trinajstić information content (AvgIpc) is 2.65. The molecule has 0 spiro atoms. The predicted molar refractivity (Wildman–Crippen MR) is 104 cm³/mol. The second-order valence-electron chi connectivity index (χ2n) is 5.40. The molecule has 2 N–H and O–H groups in total.